The van der Waals surface area contributed by atoms with E-state index in [0.717, 1.165) is 31.9 Å². The summed E-state index contributed by atoms with van der Waals surface area (Å²) < 4.78 is 0. The monoisotopic (exact) mass is 300 g/mol. The van der Waals surface area contributed by atoms with Gasteiger partial charge in [-0.2, -0.15) is 0 Å². The number of nitrogens with zero attached hydrogens (tertiary/aromatic N) is 2. The number of guanidine groups is 1. The van der Waals surface area contributed by atoms with Crippen LogP contribution in [0, 0.1) is 0 Å². The molecule has 0 aliphatic heterocycles. The van der Waals surface area contributed by atoms with Crippen molar-refractivity contribution in [1.82, 2.24) is 15.2 Å². The fourth-order valence-electron chi connectivity index (χ4n) is 2.70. The summed E-state index contributed by atoms with van der Waals surface area (Å²) in [5.41, 5.74) is 2.62. The minimum absolute atomic E-state index is 0.947. The van der Waals surface area contributed by atoms with E-state index in [9.17, 15) is 0 Å². The van der Waals surface area contributed by atoms with Crippen LogP contribution >= 0.6 is 0 Å². The summed E-state index contributed by atoms with van der Waals surface area (Å²) in [6.45, 7) is 4.21. The molecule has 0 unspecified atom stereocenters. The van der Waals surface area contributed by atoms with E-state index in [2.05, 4.69) is 64.6 Å². The average Bonchev–Trinajstić information content (AvgIpc) is 2.96. The normalized spacial score (nSPS) is 11.9. The summed E-state index contributed by atoms with van der Waals surface area (Å²) >= 11 is 0. The average molecular weight is 300 g/mol. The molecule has 2 N–H and O–H groups in total. The van der Waals surface area contributed by atoms with Crippen molar-refractivity contribution in [2.24, 2.45) is 4.99 Å². The van der Waals surface area contributed by atoms with Crippen LogP contribution in [0.1, 0.15) is 31.7 Å². The highest BCUT2D eigenvalue weighted by atomic mass is 15.3. The van der Waals surface area contributed by atoms with E-state index in [1.165, 1.54) is 29.3 Å². The van der Waals surface area contributed by atoms with Crippen molar-refractivity contribution in [1.29, 1.82) is 0 Å². The number of nitrogens with one attached hydrogen (secondary N) is 2. The first kappa shape index (κ1) is 16.4. The molecule has 1 heterocycles. The summed E-state index contributed by atoms with van der Waals surface area (Å²) in [4.78, 5) is 9.89. The van der Waals surface area contributed by atoms with Crippen LogP contribution in [0.15, 0.2) is 35.5 Å². The predicted octanol–water partition coefficient (Wildman–Crippen LogP) is 3.41. The van der Waals surface area contributed by atoms with Gasteiger partial charge < -0.3 is 15.2 Å². The molecule has 0 bridgehead atoms. The Bertz CT molecular complexity index is 600. The lowest BCUT2D eigenvalue weighted by Crippen LogP contribution is -2.39. The highest BCUT2D eigenvalue weighted by molar-refractivity contribution is 5.83. The van der Waals surface area contributed by atoms with E-state index in [1.54, 1.807) is 0 Å². The molecule has 0 saturated carbocycles. The highest BCUT2D eigenvalue weighted by Gasteiger charge is 2.05. The zero-order valence-corrected chi connectivity index (χ0v) is 14.0. The number of hydrogen-bond donors (Lipinski definition) is 2. The van der Waals surface area contributed by atoms with Crippen LogP contribution in [0.4, 0.5) is 0 Å². The molecule has 0 aliphatic rings. The first-order valence-corrected chi connectivity index (χ1v) is 8.23. The number of hydrogen-bond acceptors (Lipinski definition) is 1. The van der Waals surface area contributed by atoms with Crippen LogP contribution in [-0.2, 0) is 6.42 Å². The molecule has 0 amide bonds. The summed E-state index contributed by atoms with van der Waals surface area (Å²) in [7, 11) is 3.95. The Morgan fingerprint density at radius 2 is 2.09 bits per heavy atom. The smallest absolute Gasteiger partial charge is 0.193 e. The van der Waals surface area contributed by atoms with E-state index in [4.69, 9.17) is 0 Å². The van der Waals surface area contributed by atoms with Gasteiger partial charge in [-0.3, -0.25) is 4.99 Å². The Hall–Kier alpha value is -1.97. The van der Waals surface area contributed by atoms with Crippen LogP contribution < -0.4 is 5.32 Å². The molecule has 4 nitrogen and oxygen atoms in total. The molecular weight excluding hydrogens is 272 g/mol. The molecule has 0 atom stereocenters. The summed E-state index contributed by atoms with van der Waals surface area (Å²) in [6.07, 6.45) is 6.72. The van der Waals surface area contributed by atoms with Crippen LogP contribution in [0.25, 0.3) is 10.9 Å². The molecular formula is C18H28N4. The first-order chi connectivity index (χ1) is 10.8. The quantitative estimate of drug-likeness (QED) is 0.467. The maximum Gasteiger partial charge on any atom is 0.193 e. The first-order valence-electron chi connectivity index (χ1n) is 8.23. The number of aliphatic imine (C=N–C) groups is 1. The van der Waals surface area contributed by atoms with Crippen molar-refractivity contribution in [3.05, 3.63) is 36.0 Å². The molecule has 0 saturated heterocycles. The summed E-state index contributed by atoms with van der Waals surface area (Å²) in [5, 5.41) is 4.79. The van der Waals surface area contributed by atoms with E-state index < -0.39 is 0 Å². The Labute approximate surface area is 133 Å². The van der Waals surface area contributed by atoms with Crippen molar-refractivity contribution >= 4 is 16.9 Å². The number of benzene rings is 1. The van der Waals surface area contributed by atoms with Crippen molar-refractivity contribution < 1.29 is 0 Å². The third kappa shape index (κ3) is 4.26. The topological polar surface area (TPSA) is 43.4 Å². The fourth-order valence-corrected chi connectivity index (χ4v) is 2.70. The van der Waals surface area contributed by atoms with Crippen LogP contribution in [-0.4, -0.2) is 43.0 Å². The Morgan fingerprint density at radius 1 is 1.27 bits per heavy atom. The van der Waals surface area contributed by atoms with Crippen LogP contribution in [0.2, 0.25) is 0 Å². The van der Waals surface area contributed by atoms with Gasteiger partial charge >= 0.3 is 0 Å². The third-order valence-corrected chi connectivity index (χ3v) is 4.00. The number of fused-ring (bicyclic) bond motifs is 1. The zero-order chi connectivity index (χ0) is 15.8. The molecule has 120 valence electrons. The Morgan fingerprint density at radius 3 is 2.86 bits per heavy atom. The zero-order valence-electron chi connectivity index (χ0n) is 14.0. The second-order valence-corrected chi connectivity index (χ2v) is 5.71. The van der Waals surface area contributed by atoms with E-state index in [0.29, 0.717) is 0 Å². The van der Waals surface area contributed by atoms with Gasteiger partial charge in [0.05, 0.1) is 0 Å². The number of para-hydroxylation sites is 1. The standard InChI is InChI=1S/C18H28N4/c1-4-5-13-22(3)18(19-2)20-12-8-9-15-14-21-17-11-7-6-10-16(15)17/h6-7,10-11,14,21H,4-5,8-9,12-13H2,1-3H3,(H,19,20). The minimum atomic E-state index is 0.947. The molecule has 0 radical (unpaired) electrons. The number of aromatic amines is 1. The molecule has 2 aromatic rings. The number of aromatic nitrogens is 1. The summed E-state index contributed by atoms with van der Waals surface area (Å²) in [6, 6.07) is 8.48. The molecule has 0 aliphatic carbocycles. The molecule has 4 heteroatoms. The van der Waals surface area contributed by atoms with Crippen molar-refractivity contribution in [3.63, 3.8) is 0 Å². The van der Waals surface area contributed by atoms with Gasteiger partial charge in [0.1, 0.15) is 0 Å². The molecule has 0 spiro atoms. The second kappa shape index (κ2) is 8.47. The lowest BCUT2D eigenvalue weighted by Gasteiger charge is -2.21. The van der Waals surface area contributed by atoms with Crippen molar-refractivity contribution in [3.8, 4) is 0 Å². The van der Waals surface area contributed by atoms with E-state index >= 15 is 0 Å². The van der Waals surface area contributed by atoms with E-state index in [-0.39, 0.29) is 0 Å². The fraction of sp³-hybridized carbons (Fsp3) is 0.500. The largest absolute Gasteiger partial charge is 0.361 e. The lowest BCUT2D eigenvalue weighted by molar-refractivity contribution is 0.464. The number of rotatable bonds is 7. The van der Waals surface area contributed by atoms with Crippen LogP contribution in [0.5, 0.6) is 0 Å². The Balaban J connectivity index is 1.79. The minimum Gasteiger partial charge on any atom is -0.361 e. The Kier molecular flexibility index (Phi) is 6.31. The lowest BCUT2D eigenvalue weighted by atomic mass is 10.1. The van der Waals surface area contributed by atoms with Crippen molar-refractivity contribution in [2.75, 3.05) is 27.2 Å². The van der Waals surface area contributed by atoms with Gasteiger partial charge in [-0.15, -0.1) is 0 Å². The second-order valence-electron chi connectivity index (χ2n) is 5.71. The molecule has 1 aromatic carbocycles. The van der Waals surface area contributed by atoms with E-state index in [1.807, 2.05) is 7.05 Å². The summed E-state index contributed by atoms with van der Waals surface area (Å²) in [5.74, 6) is 0.993. The third-order valence-electron chi connectivity index (χ3n) is 4.00. The van der Waals surface area contributed by atoms with Gasteiger partial charge in [-0.05, 0) is 30.9 Å². The molecule has 1 aromatic heterocycles. The SMILES string of the molecule is CCCCN(C)C(=NC)NCCCc1c[nH]c2ccccc12. The molecule has 2 rings (SSSR count). The van der Waals surface area contributed by atoms with Crippen molar-refractivity contribution in [2.45, 2.75) is 32.6 Å². The number of unbranched alkanes of at least 4 members (excludes halogenated alkanes) is 1. The van der Waals surface area contributed by atoms with Gasteiger partial charge in [-0.25, -0.2) is 0 Å². The van der Waals surface area contributed by atoms with Gasteiger partial charge in [-0.1, -0.05) is 31.5 Å². The van der Waals surface area contributed by atoms with Gasteiger partial charge in [0.2, 0.25) is 0 Å². The highest BCUT2D eigenvalue weighted by Crippen LogP contribution is 2.18. The molecule has 0 fully saturated rings. The van der Waals surface area contributed by atoms with Gasteiger partial charge in [0, 0.05) is 44.3 Å². The number of aryl methyl sites for hydroxylation is 1. The van der Waals surface area contributed by atoms with Crippen LogP contribution in [0.3, 0.4) is 0 Å². The number of H-pyrrole nitrogens is 1. The molecule has 22 heavy (non-hydrogen) atoms. The van der Waals surface area contributed by atoms with Gasteiger partial charge in [0.15, 0.2) is 5.96 Å². The maximum absolute atomic E-state index is 4.35. The predicted molar refractivity (Wildman–Crippen MR) is 95.5 cm³/mol. The van der Waals surface area contributed by atoms with Gasteiger partial charge in [0.25, 0.3) is 0 Å². The maximum atomic E-state index is 4.35.